The Morgan fingerprint density at radius 2 is 0.448 bits per heavy atom. The third-order valence-corrected chi connectivity index (χ3v) is 43.9. The normalized spacial score (nSPS) is 21.2. The van der Waals surface area contributed by atoms with Gasteiger partial charge in [-0.25, -0.2) is 58.3 Å². The Morgan fingerprint density at radius 1 is 0.286 bits per heavy atom. The van der Waals surface area contributed by atoms with Gasteiger partial charge in [-0.05, 0) is 180 Å². The van der Waals surface area contributed by atoms with Crippen molar-refractivity contribution >= 4 is 102 Å². The summed E-state index contributed by atoms with van der Waals surface area (Å²) >= 11 is 0. The molecule has 4 aromatic rings. The Bertz CT molecular complexity index is 3130. The smallest absolute Gasteiger partial charge is 0.428 e. The lowest BCUT2D eigenvalue weighted by atomic mass is 9.45. The fourth-order valence-electron chi connectivity index (χ4n) is 17.8. The Labute approximate surface area is 623 Å². The van der Waals surface area contributed by atoms with E-state index in [1.165, 1.54) is 0 Å². The molecule has 0 saturated heterocycles. The highest BCUT2D eigenvalue weighted by Crippen LogP contribution is 2.63. The van der Waals surface area contributed by atoms with Gasteiger partial charge in [-0.2, -0.15) is 19.2 Å². The highest BCUT2D eigenvalue weighted by molar-refractivity contribution is 6.97. The second kappa shape index (κ2) is 38.3. The van der Waals surface area contributed by atoms with Crippen LogP contribution in [0.1, 0.15) is 200 Å². The van der Waals surface area contributed by atoms with Crippen molar-refractivity contribution in [1.82, 2.24) is 0 Å². The van der Waals surface area contributed by atoms with Crippen molar-refractivity contribution in [2.24, 2.45) is 29.1 Å². The monoisotopic (exact) mass is 1510 g/mol. The molecule has 568 valence electrons. The van der Waals surface area contributed by atoms with Crippen molar-refractivity contribution in [2.45, 2.75) is 231 Å². The molecule has 4 fully saturated rings. The minimum absolute atomic E-state index is 0.0265. The van der Waals surface area contributed by atoms with Gasteiger partial charge in [0.25, 0.3) is 0 Å². The number of carbonyl (C=O) groups excluding carboxylic acids is 8. The third-order valence-electron chi connectivity index (χ3n) is 24.7. The Balaban J connectivity index is 0.984. The van der Waals surface area contributed by atoms with E-state index >= 15 is 0 Å². The number of ether oxygens (including phenoxy) is 4. The van der Waals surface area contributed by atoms with Gasteiger partial charge in [-0.1, -0.05) is 196 Å². The van der Waals surface area contributed by atoms with Gasteiger partial charge in [0.1, 0.15) is 56.7 Å². The molecule has 4 saturated carbocycles. The van der Waals surface area contributed by atoms with Gasteiger partial charge in [0, 0.05) is 0 Å². The van der Waals surface area contributed by atoms with Crippen LogP contribution >= 0.6 is 0 Å². The zero-order valence-electron chi connectivity index (χ0n) is 62.6. The van der Waals surface area contributed by atoms with Gasteiger partial charge in [-0.15, -0.1) is 26.3 Å². The number of carbonyl (C=O) groups is 8. The quantitative estimate of drug-likeness (QED) is 0.0168. The van der Waals surface area contributed by atoms with E-state index in [1.54, 1.807) is 48.5 Å². The summed E-state index contributed by atoms with van der Waals surface area (Å²) < 4.78 is 23.5. The second-order valence-electron chi connectivity index (χ2n) is 28.8. The lowest BCUT2D eigenvalue weighted by molar-refractivity contribution is -0.213. The van der Waals surface area contributed by atoms with Gasteiger partial charge in [0.2, 0.25) is 0 Å². The predicted octanol–water partition coefficient (Wildman–Crippen LogP) is 17.6. The lowest BCUT2D eigenvalue weighted by Crippen LogP contribution is -2.54. The molecule has 0 bridgehead atoms. The second-order valence-corrected chi connectivity index (χ2v) is 47.6. The van der Waals surface area contributed by atoms with Crippen LogP contribution in [-0.2, 0) is 58.0 Å². The topological polar surface area (TPSA) is 247 Å². The van der Waals surface area contributed by atoms with Crippen LogP contribution in [0.3, 0.4) is 0 Å². The van der Waals surface area contributed by atoms with Crippen LogP contribution in [0.5, 0.6) is 0 Å². The molecule has 4 aliphatic carbocycles. The van der Waals surface area contributed by atoms with Crippen LogP contribution in [0.2, 0.25) is 48.4 Å². The first-order valence-electron chi connectivity index (χ1n) is 37.9. The van der Waals surface area contributed by atoms with Gasteiger partial charge >= 0.3 is 48.5 Å². The summed E-state index contributed by atoms with van der Waals surface area (Å²) in [6.45, 7) is 33.5. The molecule has 0 radical (unpaired) electrons. The summed E-state index contributed by atoms with van der Waals surface area (Å²) in [6.07, 6.45) is 1.67. The molecule has 0 heterocycles. The van der Waals surface area contributed by atoms with E-state index < -0.39 is 111 Å². The van der Waals surface area contributed by atoms with Crippen LogP contribution < -0.4 is 20.7 Å². The number of rotatable bonds is 28. The number of hydrogen-bond acceptors (Lipinski definition) is 20. The first kappa shape index (κ1) is 82.3. The Morgan fingerprint density at radius 3 is 0.590 bits per heavy atom. The summed E-state index contributed by atoms with van der Waals surface area (Å²) in [5, 5.41) is 4.54. The van der Waals surface area contributed by atoms with Gasteiger partial charge < -0.3 is 18.9 Å². The highest BCUT2D eigenvalue weighted by Gasteiger charge is 2.57. The van der Waals surface area contributed by atoms with Crippen LogP contribution in [-0.4, -0.2) is 105 Å². The molecule has 0 N–H and O–H groups in total. The maximum absolute atomic E-state index is 13.4. The van der Waals surface area contributed by atoms with Crippen LogP contribution in [0.25, 0.3) is 0 Å². The maximum atomic E-state index is 13.4. The molecule has 4 aliphatic rings. The molecule has 20 nitrogen and oxygen atoms in total. The molecular formula is C81H108O20Si4. The summed E-state index contributed by atoms with van der Waals surface area (Å²) in [5.41, 5.74) is 8.60. The minimum atomic E-state index is -1.94. The average molecular weight is 1510 g/mol. The van der Waals surface area contributed by atoms with Crippen LogP contribution in [0, 0.1) is 29.1 Å². The van der Waals surface area contributed by atoms with Crippen LogP contribution in [0.15, 0.2) is 146 Å². The molecule has 0 aromatic heterocycles. The Kier molecular flexibility index (Phi) is 30.0. The van der Waals surface area contributed by atoms with Crippen molar-refractivity contribution in [3.63, 3.8) is 0 Å². The zero-order valence-corrected chi connectivity index (χ0v) is 66.6. The third kappa shape index (κ3) is 19.5. The molecule has 105 heavy (non-hydrogen) atoms. The van der Waals surface area contributed by atoms with E-state index in [0.717, 1.165) is 69.1 Å². The van der Waals surface area contributed by atoms with Crippen molar-refractivity contribution in [3.05, 3.63) is 168 Å². The number of hydrogen-bond donors (Lipinski definition) is 0. The molecule has 4 aromatic carbocycles. The summed E-state index contributed by atoms with van der Waals surface area (Å²) in [7, 11) is -7.77. The molecule has 0 amide bonds. The van der Waals surface area contributed by atoms with Crippen molar-refractivity contribution in [3.8, 4) is 0 Å². The van der Waals surface area contributed by atoms with Crippen molar-refractivity contribution in [1.29, 1.82) is 0 Å². The van der Waals surface area contributed by atoms with E-state index in [2.05, 4.69) is 105 Å². The first-order valence-corrected chi connectivity index (χ1v) is 47.9. The standard InChI is InChI=1S/C81H108O20Si4/c1-13-102(14-2,15-3)69-49-25-57(26-50-69)73(82)94-98-77(86)90-65-41-33-61(34-42-65)81(62-35-43-66(44-36-62)91-78(87)99-95-74(83)58-27-51-70(52-28-58)103(16-4,17-5)18-6,63-37-45-67(46-38-63)92-79(88)100-96-75(84)59-29-53-71(54-30-59)104(19-7,20-8)21-9)64-39-47-68(48-40-64)93-80(89)101-97-76(85)60-31-55-72(56-32-60)105(22-10,23-11)24-12/h13,16,19,22,25-32,49-56,61-68H,1,4,7,10,14-15,17-18,20-21,23-24,33-48H2,2-3,5-6,8-9,11-12H3. The van der Waals surface area contributed by atoms with E-state index in [9.17, 15) is 38.4 Å². The first-order chi connectivity index (χ1) is 50.6. The average Bonchev–Trinajstić information content (AvgIpc) is 0.730. The van der Waals surface area contributed by atoms with Gasteiger partial charge in [-0.3, -0.25) is 0 Å². The molecule has 0 spiro atoms. The SMILES string of the molecule is C=C[Si](CC)(CC)c1ccc(C(=O)OOC(=O)OC2CCC(C(C3CCC(OC(=O)OOC(=O)c4ccc([Si](C=C)(CC)CC)cc4)CC3)(C3CCC(OC(=O)OOC(=O)c4ccc([Si](C=C)(CC)CC)cc4)CC3)C3CCC(OC(=O)OOC(=O)c4ccc([Si](C=C)(CC)CC)cc4)CC3)CC2)cc1. The van der Waals surface area contributed by atoms with Crippen LogP contribution in [0.4, 0.5) is 19.2 Å². The molecule has 8 rings (SSSR count). The van der Waals surface area contributed by atoms with Gasteiger partial charge in [0.15, 0.2) is 0 Å². The van der Waals surface area contributed by atoms with Gasteiger partial charge in [0.05, 0.1) is 22.3 Å². The number of benzene rings is 4. The zero-order chi connectivity index (χ0) is 76.0. The summed E-state index contributed by atoms with van der Waals surface area (Å²) in [6, 6.07) is 36.1. The fourth-order valence-corrected chi connectivity index (χ4v) is 29.7. The minimum Gasteiger partial charge on any atom is -0.428 e. The molecule has 24 heteroatoms. The summed E-state index contributed by atoms with van der Waals surface area (Å²) in [4.78, 5) is 146. The van der Waals surface area contributed by atoms with E-state index in [4.69, 9.17) is 58.0 Å². The highest BCUT2D eigenvalue weighted by atomic mass is 28.3. The largest absolute Gasteiger partial charge is 0.550 e. The predicted molar refractivity (Wildman–Crippen MR) is 409 cm³/mol. The van der Waals surface area contributed by atoms with Crippen molar-refractivity contribution < 1.29 is 96.4 Å². The summed E-state index contributed by atoms with van der Waals surface area (Å²) in [5.74, 6) is -3.29. The van der Waals surface area contributed by atoms with Crippen molar-refractivity contribution in [2.75, 3.05) is 0 Å². The Hall–Kier alpha value is -8.33. The van der Waals surface area contributed by atoms with E-state index in [0.29, 0.717) is 103 Å². The molecular weight excluding hydrogens is 1410 g/mol. The fraction of sp³-hybridized carbons (Fsp3) is 0.506. The molecule has 0 atom stereocenters. The maximum Gasteiger partial charge on any atom is 0.550 e. The molecule has 0 aliphatic heterocycles. The lowest BCUT2D eigenvalue weighted by Gasteiger charge is -2.60. The van der Waals surface area contributed by atoms with E-state index in [1.807, 2.05) is 48.5 Å². The van der Waals surface area contributed by atoms with E-state index in [-0.39, 0.29) is 45.9 Å². The molecule has 0 unspecified atom stereocenters.